The lowest BCUT2D eigenvalue weighted by Crippen LogP contribution is -2.11. The molecule has 1 aliphatic rings. The van der Waals surface area contributed by atoms with Crippen LogP contribution in [0.3, 0.4) is 0 Å². The van der Waals surface area contributed by atoms with Crippen LogP contribution in [-0.4, -0.2) is 24.4 Å². The van der Waals surface area contributed by atoms with Gasteiger partial charge < -0.3 is 14.6 Å². The summed E-state index contributed by atoms with van der Waals surface area (Å²) in [7, 11) is 0. The van der Waals surface area contributed by atoms with Gasteiger partial charge in [-0.2, -0.15) is 0 Å². The minimum absolute atomic E-state index is 0.244. The third-order valence-corrected chi connectivity index (χ3v) is 2.96. The fourth-order valence-electron chi connectivity index (χ4n) is 2.10. The Morgan fingerprint density at radius 2 is 2.18 bits per heavy atom. The van der Waals surface area contributed by atoms with E-state index in [1.165, 1.54) is 5.56 Å². The third-order valence-electron chi connectivity index (χ3n) is 2.96. The minimum Gasteiger partial charge on any atom is -0.491 e. The van der Waals surface area contributed by atoms with E-state index in [4.69, 9.17) is 9.47 Å². The van der Waals surface area contributed by atoms with Gasteiger partial charge in [-0.25, -0.2) is 0 Å². The summed E-state index contributed by atoms with van der Waals surface area (Å²) in [4.78, 5) is 0. The average molecular weight is 236 g/mol. The summed E-state index contributed by atoms with van der Waals surface area (Å²) < 4.78 is 11.0. The maximum Gasteiger partial charge on any atom is 0.119 e. The van der Waals surface area contributed by atoms with Crippen molar-refractivity contribution in [2.45, 2.75) is 38.9 Å². The Balaban J connectivity index is 1.86. The van der Waals surface area contributed by atoms with Crippen LogP contribution in [0.2, 0.25) is 0 Å². The molecular weight excluding hydrogens is 216 g/mol. The summed E-state index contributed by atoms with van der Waals surface area (Å²) in [6.45, 7) is 5.20. The van der Waals surface area contributed by atoms with E-state index in [-0.39, 0.29) is 12.2 Å². The van der Waals surface area contributed by atoms with Crippen molar-refractivity contribution < 1.29 is 14.6 Å². The SMILES string of the molecule is CC(C)OCCOc1ccc2c(c1)CC[C@H]2O. The molecule has 0 fully saturated rings. The van der Waals surface area contributed by atoms with Gasteiger partial charge in [-0.3, -0.25) is 0 Å². The zero-order chi connectivity index (χ0) is 12.3. The molecule has 0 saturated heterocycles. The number of aryl methyl sites for hydroxylation is 1. The first-order chi connectivity index (χ1) is 8.16. The van der Waals surface area contributed by atoms with Gasteiger partial charge in [0.2, 0.25) is 0 Å². The minimum atomic E-state index is -0.289. The highest BCUT2D eigenvalue weighted by atomic mass is 16.5. The number of aliphatic hydroxyl groups excluding tert-OH is 1. The molecule has 0 bridgehead atoms. The van der Waals surface area contributed by atoms with E-state index in [1.807, 2.05) is 32.0 Å². The van der Waals surface area contributed by atoms with E-state index in [9.17, 15) is 5.11 Å². The summed E-state index contributed by atoms with van der Waals surface area (Å²) in [5, 5.41) is 9.69. The second kappa shape index (κ2) is 5.52. The van der Waals surface area contributed by atoms with E-state index in [1.54, 1.807) is 0 Å². The van der Waals surface area contributed by atoms with Gasteiger partial charge in [0, 0.05) is 0 Å². The van der Waals surface area contributed by atoms with Crippen molar-refractivity contribution in [2.24, 2.45) is 0 Å². The molecule has 1 aromatic rings. The molecular formula is C14H20O3. The monoisotopic (exact) mass is 236 g/mol. The molecule has 94 valence electrons. The zero-order valence-corrected chi connectivity index (χ0v) is 10.5. The zero-order valence-electron chi connectivity index (χ0n) is 10.5. The number of benzene rings is 1. The Kier molecular flexibility index (Phi) is 4.02. The second-order valence-electron chi connectivity index (χ2n) is 4.68. The van der Waals surface area contributed by atoms with Gasteiger partial charge in [0.15, 0.2) is 0 Å². The molecule has 1 aliphatic carbocycles. The van der Waals surface area contributed by atoms with E-state index >= 15 is 0 Å². The molecule has 3 nitrogen and oxygen atoms in total. The normalized spacial score (nSPS) is 18.5. The molecule has 0 saturated carbocycles. The van der Waals surface area contributed by atoms with Crippen LogP contribution in [0.15, 0.2) is 18.2 Å². The number of ether oxygens (including phenoxy) is 2. The Labute approximate surface area is 102 Å². The van der Waals surface area contributed by atoms with Gasteiger partial charge in [-0.1, -0.05) is 6.07 Å². The maximum atomic E-state index is 9.69. The number of aliphatic hydroxyl groups is 1. The summed E-state index contributed by atoms with van der Waals surface area (Å²) in [5.74, 6) is 0.866. The van der Waals surface area contributed by atoms with Crippen LogP contribution in [0.1, 0.15) is 37.5 Å². The van der Waals surface area contributed by atoms with Gasteiger partial charge in [0.1, 0.15) is 12.4 Å². The molecule has 0 unspecified atom stereocenters. The molecule has 0 heterocycles. The molecule has 17 heavy (non-hydrogen) atoms. The van der Waals surface area contributed by atoms with Crippen LogP contribution in [0.25, 0.3) is 0 Å². The van der Waals surface area contributed by atoms with E-state index in [2.05, 4.69) is 0 Å². The van der Waals surface area contributed by atoms with Crippen molar-refractivity contribution in [1.29, 1.82) is 0 Å². The van der Waals surface area contributed by atoms with E-state index in [0.29, 0.717) is 13.2 Å². The maximum absolute atomic E-state index is 9.69. The van der Waals surface area contributed by atoms with Crippen molar-refractivity contribution in [3.8, 4) is 5.75 Å². The van der Waals surface area contributed by atoms with Crippen LogP contribution >= 0.6 is 0 Å². The average Bonchev–Trinajstić information content (AvgIpc) is 2.66. The predicted octanol–water partition coefficient (Wildman–Crippen LogP) is 2.47. The summed E-state index contributed by atoms with van der Waals surface area (Å²) in [5.41, 5.74) is 2.26. The van der Waals surface area contributed by atoms with Crippen LogP contribution < -0.4 is 4.74 Å². The quantitative estimate of drug-likeness (QED) is 0.798. The smallest absolute Gasteiger partial charge is 0.119 e. The largest absolute Gasteiger partial charge is 0.491 e. The van der Waals surface area contributed by atoms with Crippen molar-refractivity contribution in [3.63, 3.8) is 0 Å². The second-order valence-corrected chi connectivity index (χ2v) is 4.68. The van der Waals surface area contributed by atoms with Crippen LogP contribution in [0.4, 0.5) is 0 Å². The van der Waals surface area contributed by atoms with Crippen LogP contribution in [-0.2, 0) is 11.2 Å². The molecule has 0 aromatic heterocycles. The standard InChI is InChI=1S/C14H20O3/c1-10(2)16-7-8-17-12-4-5-13-11(9-12)3-6-14(13)15/h4-5,9-10,14-15H,3,6-8H2,1-2H3/t14-/m1/s1. The molecule has 3 heteroatoms. The van der Waals surface area contributed by atoms with Gasteiger partial charge in [-0.05, 0) is 49.9 Å². The Bertz CT molecular complexity index is 374. The van der Waals surface area contributed by atoms with Gasteiger partial charge in [-0.15, -0.1) is 0 Å². The predicted molar refractivity (Wildman–Crippen MR) is 66.3 cm³/mol. The van der Waals surface area contributed by atoms with E-state index in [0.717, 1.165) is 24.2 Å². The molecule has 0 radical (unpaired) electrons. The van der Waals surface area contributed by atoms with Gasteiger partial charge >= 0.3 is 0 Å². The van der Waals surface area contributed by atoms with Crippen molar-refractivity contribution in [3.05, 3.63) is 29.3 Å². The lowest BCUT2D eigenvalue weighted by Gasteiger charge is -2.10. The van der Waals surface area contributed by atoms with Crippen LogP contribution in [0.5, 0.6) is 5.75 Å². The first kappa shape index (κ1) is 12.4. The molecule has 1 N–H and O–H groups in total. The Morgan fingerprint density at radius 3 is 2.94 bits per heavy atom. The number of hydrogen-bond acceptors (Lipinski definition) is 3. The summed E-state index contributed by atoms with van der Waals surface area (Å²) >= 11 is 0. The third kappa shape index (κ3) is 3.20. The molecule has 0 spiro atoms. The lowest BCUT2D eigenvalue weighted by molar-refractivity contribution is 0.0552. The first-order valence-electron chi connectivity index (χ1n) is 6.22. The number of fused-ring (bicyclic) bond motifs is 1. The van der Waals surface area contributed by atoms with Gasteiger partial charge in [0.05, 0.1) is 18.8 Å². The topological polar surface area (TPSA) is 38.7 Å². The molecule has 2 rings (SSSR count). The number of rotatable bonds is 5. The highest BCUT2D eigenvalue weighted by molar-refractivity contribution is 5.39. The Morgan fingerprint density at radius 1 is 1.35 bits per heavy atom. The summed E-state index contributed by atoms with van der Waals surface area (Å²) in [6, 6.07) is 5.91. The van der Waals surface area contributed by atoms with Crippen molar-refractivity contribution >= 4 is 0 Å². The molecule has 1 aromatic carbocycles. The lowest BCUT2D eigenvalue weighted by atomic mass is 10.1. The molecule has 1 atom stereocenters. The van der Waals surface area contributed by atoms with Crippen molar-refractivity contribution in [2.75, 3.05) is 13.2 Å². The highest BCUT2D eigenvalue weighted by Crippen LogP contribution is 2.33. The fourth-order valence-corrected chi connectivity index (χ4v) is 2.10. The van der Waals surface area contributed by atoms with Crippen molar-refractivity contribution in [1.82, 2.24) is 0 Å². The van der Waals surface area contributed by atoms with Gasteiger partial charge in [0.25, 0.3) is 0 Å². The fraction of sp³-hybridized carbons (Fsp3) is 0.571. The van der Waals surface area contributed by atoms with Crippen LogP contribution in [0, 0.1) is 0 Å². The number of hydrogen-bond donors (Lipinski definition) is 1. The molecule has 0 amide bonds. The highest BCUT2D eigenvalue weighted by Gasteiger charge is 2.20. The summed E-state index contributed by atoms with van der Waals surface area (Å²) in [6.07, 6.45) is 1.72. The van der Waals surface area contributed by atoms with E-state index < -0.39 is 0 Å². The first-order valence-corrected chi connectivity index (χ1v) is 6.22. The Hall–Kier alpha value is -1.06. The molecule has 0 aliphatic heterocycles.